The van der Waals surface area contributed by atoms with Gasteiger partial charge in [0.2, 0.25) is 0 Å². The summed E-state index contributed by atoms with van der Waals surface area (Å²) in [7, 11) is -4.85. The molecule has 1 heterocycles. The van der Waals surface area contributed by atoms with Gasteiger partial charge in [-0.25, -0.2) is 4.39 Å². The Morgan fingerprint density at radius 3 is 2.81 bits per heavy atom. The summed E-state index contributed by atoms with van der Waals surface area (Å²) < 4.78 is 49.3. The summed E-state index contributed by atoms with van der Waals surface area (Å²) in [5, 5.41) is 0. The van der Waals surface area contributed by atoms with Crippen LogP contribution in [0, 0.1) is 0 Å². The third-order valence-corrected chi connectivity index (χ3v) is 2.29. The fraction of sp³-hybridized carbons (Fsp3) is 0.778. The topological polar surface area (TPSA) is 76.0 Å². The van der Waals surface area contributed by atoms with E-state index in [1.54, 1.807) is 13.8 Å². The van der Waals surface area contributed by atoms with E-state index in [4.69, 9.17) is 22.0 Å². The Hall–Kier alpha value is -0.260. The van der Waals surface area contributed by atoms with Gasteiger partial charge in [0.05, 0.1) is 15.5 Å². The Morgan fingerprint density at radius 1 is 1.69 bits per heavy atom. The molecule has 5 nitrogen and oxygen atoms in total. The molecule has 0 aliphatic carbocycles. The van der Waals surface area contributed by atoms with Gasteiger partial charge in [0.25, 0.3) is 0 Å². The third-order valence-electron chi connectivity index (χ3n) is 1.87. The minimum Gasteiger partial charge on any atom is -0.369 e. The molecule has 2 N–H and O–H groups in total. The summed E-state index contributed by atoms with van der Waals surface area (Å²) >= 11 is 0. The minimum absolute atomic E-state index is 0.321. The van der Waals surface area contributed by atoms with Gasteiger partial charge in [-0.15, -0.1) is 0 Å². The molecule has 1 aliphatic heterocycles. The lowest BCUT2D eigenvalue weighted by Crippen LogP contribution is -2.32. The Balaban J connectivity index is 2.97. The van der Waals surface area contributed by atoms with Crippen LogP contribution in [0.15, 0.2) is 11.8 Å². The second-order valence-electron chi connectivity index (χ2n) is 3.72. The second-order valence-corrected chi connectivity index (χ2v) is 5.03. The zero-order chi connectivity index (χ0) is 14.1. The number of hydrogen-bond donors (Lipinski definition) is 2. The fourth-order valence-corrected chi connectivity index (χ4v) is 1.61. The van der Waals surface area contributed by atoms with E-state index in [2.05, 4.69) is 0 Å². The summed E-state index contributed by atoms with van der Waals surface area (Å²) in [4.78, 5) is 17.6. The summed E-state index contributed by atoms with van der Waals surface area (Å²) in [5.74, 6) is -1.17. The van der Waals surface area contributed by atoms with Crippen LogP contribution in [0.25, 0.3) is 0 Å². The molecule has 0 spiro atoms. The molecule has 0 aromatic rings. The van der Waals surface area contributed by atoms with Crippen molar-refractivity contribution in [2.24, 2.45) is 0 Å². The van der Waals surface area contributed by atoms with Gasteiger partial charge in [-0.1, -0.05) is 0 Å². The Labute approximate surface area is 96.2 Å². The molecule has 1 fully saturated rings. The minimum atomic E-state index is -4.85. The summed E-state index contributed by atoms with van der Waals surface area (Å²) in [6.45, 7) is 3.01. The van der Waals surface area contributed by atoms with E-state index >= 15 is 0 Å². The lowest BCUT2D eigenvalue weighted by atomic mass is 10.1. The van der Waals surface area contributed by atoms with E-state index in [0.29, 0.717) is 0 Å². The van der Waals surface area contributed by atoms with Gasteiger partial charge in [-0.3, -0.25) is 4.57 Å². The predicted molar refractivity (Wildman–Crippen MR) is 55.8 cm³/mol. The molecule has 0 amide bonds. The van der Waals surface area contributed by atoms with Gasteiger partial charge in [0.15, 0.2) is 6.17 Å². The Morgan fingerprint density at radius 2 is 2.31 bits per heavy atom. The zero-order valence-corrected chi connectivity index (χ0v) is 9.86. The first-order valence-corrected chi connectivity index (χ1v) is 6.40. The largest absolute Gasteiger partial charge is 0.369 e. The van der Waals surface area contributed by atoms with Crippen molar-refractivity contribution in [1.29, 1.82) is 0 Å². The molecule has 7 heteroatoms. The molecule has 0 bridgehead atoms. The molecule has 0 saturated carbocycles. The fourth-order valence-electron chi connectivity index (χ4n) is 1.32. The highest BCUT2D eigenvalue weighted by Crippen LogP contribution is 2.37. The van der Waals surface area contributed by atoms with Gasteiger partial charge in [0, 0.05) is 5.79 Å². The lowest BCUT2D eigenvalue weighted by Gasteiger charge is -2.20. The molecule has 3 atom stereocenters. The maximum atomic E-state index is 13.5. The summed E-state index contributed by atoms with van der Waals surface area (Å²) in [6, 6.07) is -0.742. The average molecular weight is 256 g/mol. The standard InChI is InChI=1S/C9H16FO5P/c1-6(2)15-9-7(10)5-14-8(9)3-4-16(11,12)13/h3-4,6-9H,5H2,1-2H3,(H2,11,12,13)/b4-3+/t7-,8+,9-/m0/s1/i3D,4D. The van der Waals surface area contributed by atoms with Crippen LogP contribution in [0.3, 0.4) is 0 Å². The summed E-state index contributed by atoms with van der Waals surface area (Å²) in [6.07, 6.45) is -4.19. The van der Waals surface area contributed by atoms with E-state index < -0.39 is 37.8 Å². The zero-order valence-electron chi connectivity index (χ0n) is 11.0. The highest BCUT2D eigenvalue weighted by atomic mass is 31.2. The molecule has 1 saturated heterocycles. The van der Waals surface area contributed by atoms with Gasteiger partial charge in [-0.2, -0.15) is 0 Å². The van der Waals surface area contributed by atoms with Crippen LogP contribution in [-0.2, 0) is 14.0 Å². The van der Waals surface area contributed by atoms with Crippen molar-refractivity contribution in [2.45, 2.75) is 38.3 Å². The predicted octanol–water partition coefficient (Wildman–Crippen LogP) is 1.21. The Kier molecular flexibility index (Phi) is 3.65. The van der Waals surface area contributed by atoms with Crippen LogP contribution in [0.2, 0.25) is 0 Å². The molecule has 0 aromatic carbocycles. The molecular weight excluding hydrogens is 238 g/mol. The first-order valence-electron chi connectivity index (χ1n) is 5.79. The van der Waals surface area contributed by atoms with Crippen molar-refractivity contribution in [2.75, 3.05) is 6.61 Å². The van der Waals surface area contributed by atoms with Crippen molar-refractivity contribution in [3.05, 3.63) is 11.8 Å². The maximum Gasteiger partial charge on any atom is 0.348 e. The van der Waals surface area contributed by atoms with Crippen LogP contribution < -0.4 is 0 Å². The van der Waals surface area contributed by atoms with Crippen molar-refractivity contribution in [1.82, 2.24) is 0 Å². The van der Waals surface area contributed by atoms with Crippen LogP contribution in [0.5, 0.6) is 0 Å². The number of hydrogen-bond acceptors (Lipinski definition) is 3. The number of rotatable bonds is 4. The normalized spacial score (nSPS) is 34.8. The molecule has 1 aliphatic rings. The van der Waals surface area contributed by atoms with Crippen molar-refractivity contribution in [3.8, 4) is 0 Å². The molecule has 0 unspecified atom stereocenters. The monoisotopic (exact) mass is 256 g/mol. The maximum absolute atomic E-state index is 13.5. The van der Waals surface area contributed by atoms with Crippen molar-refractivity contribution in [3.63, 3.8) is 0 Å². The van der Waals surface area contributed by atoms with Crippen molar-refractivity contribution < 1.29 is 31.0 Å². The molecule has 0 aromatic heterocycles. The van der Waals surface area contributed by atoms with E-state index in [1.165, 1.54) is 0 Å². The Bertz CT molecular complexity index is 383. The van der Waals surface area contributed by atoms with Gasteiger partial charge >= 0.3 is 7.60 Å². The highest BCUT2D eigenvalue weighted by molar-refractivity contribution is 7.55. The van der Waals surface area contributed by atoms with Crippen LogP contribution in [0.1, 0.15) is 16.6 Å². The highest BCUT2D eigenvalue weighted by Gasteiger charge is 2.37. The first-order chi connectivity index (χ1) is 8.14. The molecule has 0 radical (unpaired) electrons. The van der Waals surface area contributed by atoms with E-state index in [-0.39, 0.29) is 12.7 Å². The van der Waals surface area contributed by atoms with Crippen LogP contribution >= 0.6 is 7.60 Å². The quantitative estimate of drug-likeness (QED) is 0.739. The first kappa shape index (κ1) is 10.9. The van der Waals surface area contributed by atoms with E-state index in [9.17, 15) is 8.96 Å². The summed E-state index contributed by atoms with van der Waals surface area (Å²) in [5.41, 5.74) is 0. The van der Waals surface area contributed by atoms with E-state index in [0.717, 1.165) is 0 Å². The smallest absolute Gasteiger partial charge is 0.348 e. The van der Waals surface area contributed by atoms with Gasteiger partial charge in [-0.05, 0) is 19.9 Å². The van der Waals surface area contributed by atoms with Crippen LogP contribution in [-0.4, -0.2) is 40.9 Å². The van der Waals surface area contributed by atoms with Gasteiger partial charge < -0.3 is 19.3 Å². The average Bonchev–Trinajstić information content (AvgIpc) is 2.56. The van der Waals surface area contributed by atoms with E-state index in [1.807, 2.05) is 0 Å². The van der Waals surface area contributed by atoms with Gasteiger partial charge in [0.1, 0.15) is 12.2 Å². The third kappa shape index (κ3) is 4.31. The lowest BCUT2D eigenvalue weighted by molar-refractivity contribution is -0.0385. The molecular formula is C9H16FO5P. The molecule has 16 heavy (non-hydrogen) atoms. The van der Waals surface area contributed by atoms with Crippen LogP contribution in [0.4, 0.5) is 4.39 Å². The van der Waals surface area contributed by atoms with Crippen molar-refractivity contribution >= 4 is 7.60 Å². The number of alkyl halides is 1. The number of ether oxygens (including phenoxy) is 2. The molecule has 1 rings (SSSR count). The molecule has 94 valence electrons. The number of halogens is 1. The second kappa shape index (κ2) is 5.38. The SMILES string of the molecule is [2H]/C(=C(/[2H])P(=O)(O)O)[C@H]1OC[C@H](F)[C@@H]1OC(C)C.